The van der Waals surface area contributed by atoms with Gasteiger partial charge in [0, 0.05) is 0 Å². The molecule has 0 saturated heterocycles. The summed E-state index contributed by atoms with van der Waals surface area (Å²) in [5.41, 5.74) is -1.01. The summed E-state index contributed by atoms with van der Waals surface area (Å²) in [5.74, 6) is 0. The first-order valence-corrected chi connectivity index (χ1v) is 6.07. The quantitative estimate of drug-likeness (QED) is 0.787. The zero-order valence-electron chi connectivity index (χ0n) is 12.4. The van der Waals surface area contributed by atoms with Crippen LogP contribution in [0.1, 0.15) is 48.5 Å². The van der Waals surface area contributed by atoms with Crippen molar-refractivity contribution in [2.24, 2.45) is 0 Å². The van der Waals surface area contributed by atoms with Gasteiger partial charge in [-0.05, 0) is 48.5 Å². The normalized spacial score (nSPS) is 15.7. The van der Waals surface area contributed by atoms with Crippen LogP contribution in [0.25, 0.3) is 0 Å². The number of aldehydes is 1. The zero-order chi connectivity index (χ0) is 14.6. The molecule has 0 rings (SSSR count). The number of ether oxygens (including phenoxy) is 2. The van der Waals surface area contributed by atoms with Crippen LogP contribution in [0.15, 0.2) is 0 Å². The molecule has 5 nitrogen and oxygen atoms in total. The molecule has 0 aromatic heterocycles. The van der Waals surface area contributed by atoms with Gasteiger partial charge in [-0.1, -0.05) is 0 Å². The van der Waals surface area contributed by atoms with Gasteiger partial charge in [0.15, 0.2) is 6.29 Å². The molecule has 0 aromatic carbocycles. The Morgan fingerprint density at radius 2 is 1.61 bits per heavy atom. The molecule has 0 spiro atoms. The number of hydrogen-bond donors (Lipinski definition) is 1. The largest absolute Gasteiger partial charge is 0.444 e. The van der Waals surface area contributed by atoms with Crippen molar-refractivity contribution in [2.75, 3.05) is 0 Å². The summed E-state index contributed by atoms with van der Waals surface area (Å²) in [6.45, 7) is 12.6. The SMILES string of the molecule is C[C@H](NC(=O)OC(C)(C)C)[C@H](C=O)OC(C)(C)C. The molecule has 0 radical (unpaired) electrons. The topological polar surface area (TPSA) is 64.6 Å². The third-order valence-electron chi connectivity index (χ3n) is 1.86. The molecule has 106 valence electrons. The first kappa shape index (κ1) is 16.9. The van der Waals surface area contributed by atoms with Gasteiger partial charge in [0.25, 0.3) is 0 Å². The minimum Gasteiger partial charge on any atom is -0.444 e. The fourth-order valence-electron chi connectivity index (χ4n) is 1.23. The van der Waals surface area contributed by atoms with E-state index >= 15 is 0 Å². The van der Waals surface area contributed by atoms with Crippen molar-refractivity contribution < 1.29 is 19.1 Å². The van der Waals surface area contributed by atoms with E-state index in [1.54, 1.807) is 27.7 Å². The first-order chi connectivity index (χ1) is 7.94. The third-order valence-corrected chi connectivity index (χ3v) is 1.86. The fourth-order valence-corrected chi connectivity index (χ4v) is 1.23. The second-order valence-electron chi connectivity index (χ2n) is 6.27. The number of carbonyl (C=O) groups excluding carboxylic acids is 2. The molecule has 2 atom stereocenters. The van der Waals surface area contributed by atoms with Gasteiger partial charge in [0.05, 0.1) is 11.6 Å². The summed E-state index contributed by atoms with van der Waals surface area (Å²) in [5, 5.41) is 2.59. The lowest BCUT2D eigenvalue weighted by molar-refractivity contribution is -0.130. The summed E-state index contributed by atoms with van der Waals surface area (Å²) >= 11 is 0. The van der Waals surface area contributed by atoms with Crippen molar-refractivity contribution >= 4 is 12.4 Å². The van der Waals surface area contributed by atoms with E-state index in [0.717, 1.165) is 0 Å². The van der Waals surface area contributed by atoms with E-state index < -0.39 is 29.4 Å². The van der Waals surface area contributed by atoms with Crippen LogP contribution in [-0.2, 0) is 14.3 Å². The van der Waals surface area contributed by atoms with E-state index in [1.165, 1.54) is 0 Å². The van der Waals surface area contributed by atoms with Gasteiger partial charge in [-0.3, -0.25) is 0 Å². The van der Waals surface area contributed by atoms with Crippen molar-refractivity contribution in [1.82, 2.24) is 5.32 Å². The fraction of sp³-hybridized carbons (Fsp3) is 0.846. The molecule has 0 aliphatic heterocycles. The first-order valence-electron chi connectivity index (χ1n) is 6.07. The Labute approximate surface area is 109 Å². The predicted molar refractivity (Wildman–Crippen MR) is 69.5 cm³/mol. The molecule has 0 aromatic rings. The van der Waals surface area contributed by atoms with Gasteiger partial charge >= 0.3 is 6.09 Å². The highest BCUT2D eigenvalue weighted by Gasteiger charge is 2.26. The number of nitrogens with one attached hydrogen (secondary N) is 1. The highest BCUT2D eigenvalue weighted by molar-refractivity contribution is 5.69. The summed E-state index contributed by atoms with van der Waals surface area (Å²) < 4.78 is 10.7. The lowest BCUT2D eigenvalue weighted by atomic mass is 10.1. The van der Waals surface area contributed by atoms with Gasteiger partial charge < -0.3 is 19.6 Å². The standard InChI is InChI=1S/C13H25NO4/c1-9(10(8-15)17-12(2,3)4)14-11(16)18-13(5,6)7/h8-10H,1-7H3,(H,14,16)/t9-,10-/m0/s1. The molecule has 0 aliphatic carbocycles. The maximum atomic E-state index is 11.6. The highest BCUT2D eigenvalue weighted by atomic mass is 16.6. The van der Waals surface area contributed by atoms with Crippen molar-refractivity contribution in [2.45, 2.75) is 71.8 Å². The summed E-state index contributed by atoms with van der Waals surface area (Å²) in [4.78, 5) is 22.5. The minimum atomic E-state index is -0.697. The van der Waals surface area contributed by atoms with Crippen molar-refractivity contribution in [1.29, 1.82) is 0 Å². The molecule has 5 heteroatoms. The third kappa shape index (κ3) is 8.06. The van der Waals surface area contributed by atoms with E-state index in [4.69, 9.17) is 9.47 Å². The Bertz CT molecular complexity index is 288. The Morgan fingerprint density at radius 1 is 1.11 bits per heavy atom. The maximum absolute atomic E-state index is 11.6. The molecule has 0 unspecified atom stereocenters. The van der Waals surface area contributed by atoms with Crippen molar-refractivity contribution in [3.8, 4) is 0 Å². The number of amides is 1. The molecule has 1 amide bonds. The zero-order valence-corrected chi connectivity index (χ0v) is 12.4. The molecule has 0 fully saturated rings. The van der Waals surface area contributed by atoms with E-state index in [-0.39, 0.29) is 0 Å². The maximum Gasteiger partial charge on any atom is 0.407 e. The molecule has 0 heterocycles. The number of carbonyl (C=O) groups is 2. The molecular weight excluding hydrogens is 234 g/mol. The predicted octanol–water partition coefficient (Wildman–Crippen LogP) is 2.28. The molecule has 1 N–H and O–H groups in total. The van der Waals surface area contributed by atoms with Gasteiger partial charge in [-0.25, -0.2) is 4.79 Å². The average Bonchev–Trinajstić information content (AvgIpc) is 2.08. The Balaban J connectivity index is 4.40. The molecule has 0 aliphatic rings. The van der Waals surface area contributed by atoms with Gasteiger partial charge in [-0.2, -0.15) is 0 Å². The average molecular weight is 259 g/mol. The van der Waals surface area contributed by atoms with E-state index in [9.17, 15) is 9.59 Å². The Hall–Kier alpha value is -1.10. The smallest absolute Gasteiger partial charge is 0.407 e. The second-order valence-corrected chi connectivity index (χ2v) is 6.27. The Kier molecular flexibility index (Phi) is 5.80. The van der Waals surface area contributed by atoms with E-state index in [2.05, 4.69) is 5.32 Å². The highest BCUT2D eigenvalue weighted by Crippen LogP contribution is 2.13. The molecule has 0 saturated carbocycles. The van der Waals surface area contributed by atoms with Gasteiger partial charge in [-0.15, -0.1) is 0 Å². The number of alkyl carbamates (subject to hydrolysis) is 1. The summed E-state index contributed by atoms with van der Waals surface area (Å²) in [6.07, 6.45) is -0.565. The van der Waals surface area contributed by atoms with Crippen LogP contribution in [0.3, 0.4) is 0 Å². The minimum absolute atomic E-state index is 0.448. The number of hydrogen-bond acceptors (Lipinski definition) is 4. The monoisotopic (exact) mass is 259 g/mol. The Morgan fingerprint density at radius 3 is 1.94 bits per heavy atom. The van der Waals surface area contributed by atoms with Crippen LogP contribution in [0, 0.1) is 0 Å². The van der Waals surface area contributed by atoms with Crippen LogP contribution in [0.2, 0.25) is 0 Å². The van der Waals surface area contributed by atoms with Crippen LogP contribution in [-0.4, -0.2) is 35.7 Å². The van der Waals surface area contributed by atoms with Gasteiger partial charge in [0.1, 0.15) is 11.7 Å². The molecule has 0 bridgehead atoms. The summed E-state index contributed by atoms with van der Waals surface area (Å²) in [7, 11) is 0. The van der Waals surface area contributed by atoms with E-state index in [1.807, 2.05) is 20.8 Å². The van der Waals surface area contributed by atoms with Gasteiger partial charge in [0.2, 0.25) is 0 Å². The molecular formula is C13H25NO4. The van der Waals surface area contributed by atoms with Crippen LogP contribution < -0.4 is 5.32 Å². The van der Waals surface area contributed by atoms with Crippen LogP contribution >= 0.6 is 0 Å². The van der Waals surface area contributed by atoms with Crippen LogP contribution in [0.4, 0.5) is 4.79 Å². The second kappa shape index (κ2) is 6.18. The summed E-state index contributed by atoms with van der Waals surface area (Å²) in [6, 6.07) is -0.448. The van der Waals surface area contributed by atoms with Crippen LogP contribution in [0.5, 0.6) is 0 Å². The van der Waals surface area contributed by atoms with E-state index in [0.29, 0.717) is 6.29 Å². The lowest BCUT2D eigenvalue weighted by Gasteiger charge is -2.29. The number of rotatable bonds is 4. The molecule has 18 heavy (non-hydrogen) atoms. The lowest BCUT2D eigenvalue weighted by Crippen LogP contribution is -2.47. The van der Waals surface area contributed by atoms with Crippen molar-refractivity contribution in [3.05, 3.63) is 0 Å². The van der Waals surface area contributed by atoms with Crippen molar-refractivity contribution in [3.63, 3.8) is 0 Å².